The summed E-state index contributed by atoms with van der Waals surface area (Å²) in [6.45, 7) is 10.1. The van der Waals surface area contributed by atoms with Gasteiger partial charge in [-0.1, -0.05) is 29.3 Å². The molecule has 0 saturated carbocycles. The Morgan fingerprint density at radius 2 is 1.84 bits per heavy atom. The Morgan fingerprint density at radius 3 is 2.47 bits per heavy atom. The summed E-state index contributed by atoms with van der Waals surface area (Å²) in [5.41, 5.74) is 2.72. The van der Waals surface area contributed by atoms with E-state index < -0.39 is 0 Å². The number of likely N-dealkylation sites (tertiary alicyclic amines) is 2. The zero-order valence-electron chi connectivity index (χ0n) is 19.9. The standard InChI is InChI=1S/C15H15Cl2NS.C11H23NO/c16-14-2-1-12(15(17)7-14)9-18-5-3-11(8-18)13-4-6-19-10-13;1-11(2,13-4)9-10-5-7-12(3)8-6-10/h1-2,4,6-7,10-11H,3,5,8-9H2;10H,5-9H2,1-4H3/t11-;/m1./s1. The molecule has 2 aromatic rings. The highest BCUT2D eigenvalue weighted by Gasteiger charge is 2.26. The average Bonchev–Trinajstić information content (AvgIpc) is 3.44. The van der Waals surface area contributed by atoms with E-state index in [9.17, 15) is 0 Å². The second kappa shape index (κ2) is 12.2. The van der Waals surface area contributed by atoms with Gasteiger partial charge in [0.25, 0.3) is 0 Å². The molecule has 178 valence electrons. The van der Waals surface area contributed by atoms with E-state index in [1.54, 1.807) is 11.3 Å². The summed E-state index contributed by atoms with van der Waals surface area (Å²) in [6.07, 6.45) is 5.12. The van der Waals surface area contributed by atoms with Crippen molar-refractivity contribution in [2.75, 3.05) is 40.3 Å². The Hall–Kier alpha value is -0.620. The third-order valence-corrected chi connectivity index (χ3v) is 8.16. The van der Waals surface area contributed by atoms with E-state index in [4.69, 9.17) is 27.9 Å². The lowest BCUT2D eigenvalue weighted by Gasteiger charge is -2.34. The topological polar surface area (TPSA) is 15.7 Å². The molecular weight excluding hydrogens is 459 g/mol. The minimum absolute atomic E-state index is 0.0700. The number of rotatable bonds is 6. The normalized spacial score (nSPS) is 20.9. The first kappa shape index (κ1) is 26.0. The molecule has 0 spiro atoms. The van der Waals surface area contributed by atoms with Crippen molar-refractivity contribution in [3.63, 3.8) is 0 Å². The van der Waals surface area contributed by atoms with Crippen molar-refractivity contribution in [3.8, 4) is 0 Å². The van der Waals surface area contributed by atoms with Crippen LogP contribution in [0, 0.1) is 5.92 Å². The molecule has 1 atom stereocenters. The predicted octanol–water partition coefficient (Wildman–Crippen LogP) is 7.19. The Kier molecular flexibility index (Phi) is 9.90. The molecule has 0 amide bonds. The minimum atomic E-state index is 0.0700. The maximum Gasteiger partial charge on any atom is 0.0625 e. The number of ether oxygens (including phenoxy) is 1. The Bertz CT molecular complexity index is 819. The second-order valence-electron chi connectivity index (χ2n) is 9.93. The number of thiophene rings is 1. The summed E-state index contributed by atoms with van der Waals surface area (Å²) in [7, 11) is 4.02. The molecular formula is C26H38Cl2N2OS. The van der Waals surface area contributed by atoms with Gasteiger partial charge in [-0.15, -0.1) is 0 Å². The number of piperidine rings is 1. The van der Waals surface area contributed by atoms with Gasteiger partial charge in [0.15, 0.2) is 0 Å². The fraction of sp³-hybridized carbons (Fsp3) is 0.615. The molecule has 0 radical (unpaired) electrons. The first-order valence-electron chi connectivity index (χ1n) is 11.7. The van der Waals surface area contributed by atoms with Crippen molar-refractivity contribution in [1.82, 2.24) is 9.80 Å². The van der Waals surface area contributed by atoms with E-state index in [1.165, 1.54) is 44.3 Å². The molecule has 6 heteroatoms. The molecule has 0 N–H and O–H groups in total. The van der Waals surface area contributed by atoms with Crippen molar-refractivity contribution >= 4 is 34.5 Å². The van der Waals surface area contributed by atoms with Crippen LogP contribution in [0.15, 0.2) is 35.0 Å². The second-order valence-corrected chi connectivity index (χ2v) is 11.6. The molecule has 2 saturated heterocycles. The molecule has 3 nitrogen and oxygen atoms in total. The molecule has 2 aliphatic rings. The van der Waals surface area contributed by atoms with Gasteiger partial charge in [0.1, 0.15) is 0 Å². The van der Waals surface area contributed by atoms with Crippen LogP contribution < -0.4 is 0 Å². The van der Waals surface area contributed by atoms with Crippen molar-refractivity contribution in [2.24, 2.45) is 5.92 Å². The summed E-state index contributed by atoms with van der Waals surface area (Å²) in [4.78, 5) is 4.88. The highest BCUT2D eigenvalue weighted by molar-refractivity contribution is 7.08. The van der Waals surface area contributed by atoms with Gasteiger partial charge in [0, 0.05) is 30.2 Å². The zero-order valence-corrected chi connectivity index (χ0v) is 22.3. The van der Waals surface area contributed by atoms with E-state index in [0.29, 0.717) is 10.9 Å². The van der Waals surface area contributed by atoms with E-state index >= 15 is 0 Å². The van der Waals surface area contributed by atoms with Crippen molar-refractivity contribution in [2.45, 2.75) is 57.6 Å². The Labute approximate surface area is 208 Å². The molecule has 2 aliphatic heterocycles. The van der Waals surface area contributed by atoms with Gasteiger partial charge in [-0.3, -0.25) is 4.90 Å². The summed E-state index contributed by atoms with van der Waals surface area (Å²) in [6, 6.07) is 8.01. The van der Waals surface area contributed by atoms with Gasteiger partial charge in [0.05, 0.1) is 5.60 Å². The predicted molar refractivity (Wildman–Crippen MR) is 139 cm³/mol. The minimum Gasteiger partial charge on any atom is -0.379 e. The molecule has 1 aromatic carbocycles. The van der Waals surface area contributed by atoms with Crippen LogP contribution in [0.5, 0.6) is 0 Å². The van der Waals surface area contributed by atoms with Crippen molar-refractivity contribution in [3.05, 3.63) is 56.2 Å². The molecule has 4 rings (SSSR count). The van der Waals surface area contributed by atoms with E-state index in [2.05, 4.69) is 47.5 Å². The van der Waals surface area contributed by atoms with Crippen LogP contribution in [0.3, 0.4) is 0 Å². The maximum atomic E-state index is 6.23. The SMILES string of the molecule is COC(C)(C)CC1CCN(C)CC1.Clc1ccc(CN2CC[C@@H](c3ccsc3)C2)c(Cl)c1. The molecule has 2 fully saturated rings. The van der Waals surface area contributed by atoms with Crippen LogP contribution in [0.2, 0.25) is 10.0 Å². The number of halogens is 2. The number of methoxy groups -OCH3 is 1. The highest BCUT2D eigenvalue weighted by Crippen LogP contribution is 2.31. The average molecular weight is 498 g/mol. The van der Waals surface area contributed by atoms with Crippen molar-refractivity contribution in [1.29, 1.82) is 0 Å². The van der Waals surface area contributed by atoms with Gasteiger partial charge >= 0.3 is 0 Å². The molecule has 3 heterocycles. The van der Waals surface area contributed by atoms with Gasteiger partial charge in [-0.2, -0.15) is 11.3 Å². The first-order valence-corrected chi connectivity index (χ1v) is 13.4. The quantitative estimate of drug-likeness (QED) is 0.420. The van der Waals surface area contributed by atoms with E-state index in [-0.39, 0.29) is 5.60 Å². The Morgan fingerprint density at radius 1 is 1.09 bits per heavy atom. The third-order valence-electron chi connectivity index (χ3n) is 6.87. The molecule has 0 bridgehead atoms. The number of benzene rings is 1. The summed E-state index contributed by atoms with van der Waals surface area (Å²) in [5, 5.41) is 5.90. The van der Waals surface area contributed by atoms with Gasteiger partial charge in [0.2, 0.25) is 0 Å². The zero-order chi connectivity index (χ0) is 23.1. The van der Waals surface area contributed by atoms with Crippen LogP contribution in [0.1, 0.15) is 56.6 Å². The summed E-state index contributed by atoms with van der Waals surface area (Å²) in [5.74, 6) is 1.54. The smallest absolute Gasteiger partial charge is 0.0625 e. The van der Waals surface area contributed by atoms with Crippen LogP contribution in [-0.4, -0.2) is 55.7 Å². The number of hydrogen-bond acceptors (Lipinski definition) is 4. The monoisotopic (exact) mass is 496 g/mol. The van der Waals surface area contributed by atoms with Crippen LogP contribution in [0.4, 0.5) is 0 Å². The summed E-state index contributed by atoms with van der Waals surface area (Å²) < 4.78 is 5.45. The Balaban J connectivity index is 0.000000195. The van der Waals surface area contributed by atoms with Gasteiger partial charge < -0.3 is 9.64 Å². The molecule has 1 aromatic heterocycles. The fourth-order valence-electron chi connectivity index (χ4n) is 4.69. The largest absolute Gasteiger partial charge is 0.379 e. The third kappa shape index (κ3) is 8.00. The fourth-order valence-corrected chi connectivity index (χ4v) is 5.90. The molecule has 0 aliphatic carbocycles. The van der Waals surface area contributed by atoms with E-state index in [0.717, 1.165) is 36.1 Å². The molecule has 32 heavy (non-hydrogen) atoms. The first-order chi connectivity index (χ1) is 15.3. The highest BCUT2D eigenvalue weighted by atomic mass is 35.5. The van der Waals surface area contributed by atoms with Crippen LogP contribution in [-0.2, 0) is 11.3 Å². The van der Waals surface area contributed by atoms with Crippen LogP contribution >= 0.6 is 34.5 Å². The van der Waals surface area contributed by atoms with Gasteiger partial charge in [-0.25, -0.2) is 0 Å². The lowest BCUT2D eigenvalue weighted by atomic mass is 9.86. The van der Waals surface area contributed by atoms with Crippen LogP contribution in [0.25, 0.3) is 0 Å². The van der Waals surface area contributed by atoms with Gasteiger partial charge in [-0.05, 0) is 118 Å². The van der Waals surface area contributed by atoms with Crippen molar-refractivity contribution < 1.29 is 4.74 Å². The summed E-state index contributed by atoms with van der Waals surface area (Å²) >= 11 is 13.9. The lowest BCUT2D eigenvalue weighted by Crippen LogP contribution is -2.34. The maximum absolute atomic E-state index is 6.23. The lowest BCUT2D eigenvalue weighted by molar-refractivity contribution is -0.00532. The number of nitrogens with zero attached hydrogens (tertiary/aromatic N) is 2. The van der Waals surface area contributed by atoms with E-state index in [1.807, 2.05) is 25.3 Å². The number of hydrogen-bond donors (Lipinski definition) is 0. The molecule has 0 unspecified atom stereocenters.